The van der Waals surface area contributed by atoms with E-state index in [0.717, 1.165) is 25.8 Å². The summed E-state index contributed by atoms with van der Waals surface area (Å²) in [7, 11) is 0. The number of carbonyl (C=O) groups is 1. The van der Waals surface area contributed by atoms with Crippen LogP contribution in [0.15, 0.2) is 42.6 Å². The Balaban J connectivity index is 1.86. The van der Waals surface area contributed by atoms with E-state index in [1.165, 1.54) is 5.56 Å². The predicted molar refractivity (Wildman–Crippen MR) is 90.3 cm³/mol. The summed E-state index contributed by atoms with van der Waals surface area (Å²) < 4.78 is 0. The number of carbonyl (C=O) groups excluding carboxylic acids is 1. The zero-order valence-corrected chi connectivity index (χ0v) is 13.8. The van der Waals surface area contributed by atoms with Gasteiger partial charge in [0.2, 0.25) is 0 Å². The first kappa shape index (κ1) is 15.7. The zero-order chi connectivity index (χ0) is 16.2. The molecule has 1 aromatic heterocycles. The molecule has 1 saturated heterocycles. The van der Waals surface area contributed by atoms with Gasteiger partial charge in [0.1, 0.15) is 11.5 Å². The molecular weight excluding hydrogens is 286 g/mol. The van der Waals surface area contributed by atoms with Crippen LogP contribution in [-0.2, 0) is 0 Å². The Morgan fingerprint density at radius 1 is 1.30 bits per heavy atom. The predicted octanol–water partition coefficient (Wildman–Crippen LogP) is 3.58. The summed E-state index contributed by atoms with van der Waals surface area (Å²) in [5, 5.41) is 0. The standard InChI is InChI=1S/C19H23N3O/c1-3-16(15-8-5-4-6-9-15)18-10-7-13-22(18)19(23)17-11-12-20-14(2)21-17/h4-6,8-9,11-12,16,18H,3,7,10,13H2,1-2H3. The molecule has 120 valence electrons. The average molecular weight is 309 g/mol. The van der Waals surface area contributed by atoms with E-state index in [4.69, 9.17) is 0 Å². The molecule has 0 spiro atoms. The van der Waals surface area contributed by atoms with Gasteiger partial charge in [-0.05, 0) is 37.8 Å². The largest absolute Gasteiger partial charge is 0.334 e. The molecule has 0 radical (unpaired) electrons. The smallest absolute Gasteiger partial charge is 0.272 e. The highest BCUT2D eigenvalue weighted by Crippen LogP contribution is 2.34. The third kappa shape index (κ3) is 3.26. The topological polar surface area (TPSA) is 46.1 Å². The van der Waals surface area contributed by atoms with Crippen molar-refractivity contribution in [3.05, 3.63) is 59.7 Å². The SMILES string of the molecule is CCC(c1ccccc1)C1CCCN1C(=O)c1ccnc(C)n1. The van der Waals surface area contributed by atoms with E-state index in [1.54, 1.807) is 12.3 Å². The third-order valence-electron chi connectivity index (χ3n) is 4.69. The second-order valence-corrected chi connectivity index (χ2v) is 6.12. The van der Waals surface area contributed by atoms with Crippen LogP contribution in [0.25, 0.3) is 0 Å². The fraction of sp³-hybridized carbons (Fsp3) is 0.421. The molecule has 1 amide bonds. The summed E-state index contributed by atoms with van der Waals surface area (Å²) in [6.07, 6.45) is 4.81. The first-order valence-corrected chi connectivity index (χ1v) is 8.36. The summed E-state index contributed by atoms with van der Waals surface area (Å²) in [6.45, 7) is 4.83. The van der Waals surface area contributed by atoms with Crippen molar-refractivity contribution in [3.63, 3.8) is 0 Å². The number of aromatic nitrogens is 2. The van der Waals surface area contributed by atoms with Gasteiger partial charge in [-0.3, -0.25) is 4.79 Å². The second-order valence-electron chi connectivity index (χ2n) is 6.12. The Hall–Kier alpha value is -2.23. The van der Waals surface area contributed by atoms with Crippen molar-refractivity contribution < 1.29 is 4.79 Å². The zero-order valence-electron chi connectivity index (χ0n) is 13.8. The maximum absolute atomic E-state index is 12.9. The summed E-state index contributed by atoms with van der Waals surface area (Å²) in [6, 6.07) is 12.5. The number of amides is 1. The number of nitrogens with zero attached hydrogens (tertiary/aromatic N) is 3. The van der Waals surface area contributed by atoms with E-state index in [0.29, 0.717) is 17.4 Å². The van der Waals surface area contributed by atoms with Crippen molar-refractivity contribution >= 4 is 5.91 Å². The Morgan fingerprint density at radius 2 is 2.09 bits per heavy atom. The summed E-state index contributed by atoms with van der Waals surface area (Å²) >= 11 is 0. The minimum absolute atomic E-state index is 0.0346. The number of aryl methyl sites for hydroxylation is 1. The van der Waals surface area contributed by atoms with E-state index >= 15 is 0 Å². The van der Waals surface area contributed by atoms with Gasteiger partial charge in [-0.1, -0.05) is 37.3 Å². The molecule has 2 aromatic rings. The normalized spacial score (nSPS) is 18.9. The van der Waals surface area contributed by atoms with Crippen molar-refractivity contribution in [2.75, 3.05) is 6.54 Å². The minimum atomic E-state index is 0.0346. The highest BCUT2D eigenvalue weighted by molar-refractivity contribution is 5.92. The summed E-state index contributed by atoms with van der Waals surface area (Å²) in [5.41, 5.74) is 1.82. The maximum Gasteiger partial charge on any atom is 0.272 e. The lowest BCUT2D eigenvalue weighted by Crippen LogP contribution is -2.39. The van der Waals surface area contributed by atoms with Crippen LogP contribution >= 0.6 is 0 Å². The van der Waals surface area contributed by atoms with Crippen molar-refractivity contribution in [2.24, 2.45) is 0 Å². The number of benzene rings is 1. The van der Waals surface area contributed by atoms with E-state index in [2.05, 4.69) is 41.2 Å². The summed E-state index contributed by atoms with van der Waals surface area (Å²) in [4.78, 5) is 23.3. The number of rotatable bonds is 4. The molecule has 0 bridgehead atoms. The molecule has 2 unspecified atom stereocenters. The molecule has 2 atom stereocenters. The van der Waals surface area contributed by atoms with Gasteiger partial charge < -0.3 is 4.90 Å². The van der Waals surface area contributed by atoms with Crippen LogP contribution in [-0.4, -0.2) is 33.4 Å². The monoisotopic (exact) mass is 309 g/mol. The van der Waals surface area contributed by atoms with Gasteiger partial charge in [-0.2, -0.15) is 0 Å². The van der Waals surface area contributed by atoms with Crippen LogP contribution in [0.2, 0.25) is 0 Å². The van der Waals surface area contributed by atoms with Crippen LogP contribution in [0.1, 0.15) is 54.0 Å². The fourth-order valence-electron chi connectivity index (χ4n) is 3.62. The molecule has 2 heterocycles. The van der Waals surface area contributed by atoms with Gasteiger partial charge in [0.25, 0.3) is 5.91 Å². The second kappa shape index (κ2) is 6.90. The number of hydrogen-bond donors (Lipinski definition) is 0. The van der Waals surface area contributed by atoms with E-state index < -0.39 is 0 Å². The fourth-order valence-corrected chi connectivity index (χ4v) is 3.62. The molecule has 0 N–H and O–H groups in total. The van der Waals surface area contributed by atoms with Crippen LogP contribution in [0.5, 0.6) is 0 Å². The average Bonchev–Trinajstić information content (AvgIpc) is 3.05. The molecule has 4 heteroatoms. The molecule has 1 fully saturated rings. The first-order valence-electron chi connectivity index (χ1n) is 8.36. The maximum atomic E-state index is 12.9. The number of likely N-dealkylation sites (tertiary alicyclic amines) is 1. The van der Waals surface area contributed by atoms with Gasteiger partial charge in [-0.15, -0.1) is 0 Å². The van der Waals surface area contributed by atoms with Crippen LogP contribution in [0.3, 0.4) is 0 Å². The highest BCUT2D eigenvalue weighted by atomic mass is 16.2. The van der Waals surface area contributed by atoms with Gasteiger partial charge in [-0.25, -0.2) is 9.97 Å². The van der Waals surface area contributed by atoms with Crippen LogP contribution < -0.4 is 0 Å². The molecule has 0 saturated carbocycles. The lowest BCUT2D eigenvalue weighted by molar-refractivity contribution is 0.0708. The molecular formula is C19H23N3O. The lowest BCUT2D eigenvalue weighted by atomic mass is 9.87. The Morgan fingerprint density at radius 3 is 2.78 bits per heavy atom. The molecule has 1 aromatic carbocycles. The molecule has 23 heavy (non-hydrogen) atoms. The van der Waals surface area contributed by atoms with Gasteiger partial charge in [0, 0.05) is 24.7 Å². The van der Waals surface area contributed by atoms with Crippen LogP contribution in [0.4, 0.5) is 0 Å². The van der Waals surface area contributed by atoms with E-state index in [1.807, 2.05) is 17.9 Å². The summed E-state index contributed by atoms with van der Waals surface area (Å²) in [5.74, 6) is 1.06. The van der Waals surface area contributed by atoms with Crippen molar-refractivity contribution in [2.45, 2.75) is 45.1 Å². The Bertz CT molecular complexity index is 671. The Kier molecular flexibility index (Phi) is 4.70. The lowest BCUT2D eigenvalue weighted by Gasteiger charge is -2.31. The molecule has 3 rings (SSSR count). The quantitative estimate of drug-likeness (QED) is 0.867. The van der Waals surface area contributed by atoms with Gasteiger partial charge in [0.05, 0.1) is 0 Å². The van der Waals surface area contributed by atoms with Crippen LogP contribution in [0, 0.1) is 6.92 Å². The third-order valence-corrected chi connectivity index (χ3v) is 4.69. The molecule has 1 aliphatic heterocycles. The van der Waals surface area contributed by atoms with Crippen molar-refractivity contribution in [1.29, 1.82) is 0 Å². The molecule has 0 aliphatic carbocycles. The van der Waals surface area contributed by atoms with Crippen molar-refractivity contribution in [1.82, 2.24) is 14.9 Å². The van der Waals surface area contributed by atoms with Crippen molar-refractivity contribution in [3.8, 4) is 0 Å². The number of hydrogen-bond acceptors (Lipinski definition) is 3. The molecule has 1 aliphatic rings. The Labute approximate surface area is 137 Å². The van der Waals surface area contributed by atoms with Gasteiger partial charge >= 0.3 is 0 Å². The van der Waals surface area contributed by atoms with E-state index in [-0.39, 0.29) is 11.9 Å². The van der Waals surface area contributed by atoms with Gasteiger partial charge in [0.15, 0.2) is 0 Å². The first-order chi connectivity index (χ1) is 11.2. The minimum Gasteiger partial charge on any atom is -0.334 e. The highest BCUT2D eigenvalue weighted by Gasteiger charge is 2.35. The van der Waals surface area contributed by atoms with E-state index in [9.17, 15) is 4.79 Å². The molecule has 4 nitrogen and oxygen atoms in total.